The van der Waals surface area contributed by atoms with E-state index in [-0.39, 0.29) is 19.1 Å². The number of esters is 1. The second-order valence-electron chi connectivity index (χ2n) is 2.87. The van der Waals surface area contributed by atoms with E-state index >= 15 is 0 Å². The van der Waals surface area contributed by atoms with Gasteiger partial charge in [-0.1, -0.05) is 13.2 Å². The molecule has 0 spiro atoms. The Hall–Kier alpha value is -1.58. The number of hydrogen-bond acceptors (Lipinski definition) is 4. The van der Waals surface area contributed by atoms with Gasteiger partial charge in [0.25, 0.3) is 0 Å². The van der Waals surface area contributed by atoms with Crippen LogP contribution in [0, 0.1) is 5.41 Å². The van der Waals surface area contributed by atoms with E-state index in [0.717, 1.165) is 0 Å². The third-order valence-corrected chi connectivity index (χ3v) is 1.30. The maximum atomic E-state index is 10.9. The first-order valence-electron chi connectivity index (χ1n) is 4.15. The lowest BCUT2D eigenvalue weighted by Gasteiger charge is -2.07. The zero-order chi connectivity index (χ0) is 11.1. The zero-order valence-corrected chi connectivity index (χ0v) is 8.55. The quantitative estimate of drug-likeness (QED) is 0.240. The molecule has 0 unspecified atom stereocenters. The molecule has 0 aromatic carbocycles. The fraction of sp³-hybridized carbons (Fsp3) is 0.400. The van der Waals surface area contributed by atoms with E-state index in [1.165, 1.54) is 0 Å². The molecule has 4 nitrogen and oxygen atoms in total. The Labute approximate surface area is 83.7 Å². The lowest BCUT2D eigenvalue weighted by Crippen LogP contribution is -2.13. The standard InChI is InChI=1S/C10H15NO3/c1-7(2)9(11)13-5-6-14-10(12)8(3)4/h11H,1,3,5-6H2,2,4H3. The zero-order valence-electron chi connectivity index (χ0n) is 8.55. The Balaban J connectivity index is 3.57. The minimum atomic E-state index is -0.449. The van der Waals surface area contributed by atoms with Gasteiger partial charge >= 0.3 is 5.97 Å². The van der Waals surface area contributed by atoms with Crippen LogP contribution < -0.4 is 0 Å². The van der Waals surface area contributed by atoms with Gasteiger partial charge in [0.15, 0.2) is 0 Å². The number of carbonyl (C=O) groups is 1. The molecule has 0 saturated heterocycles. The van der Waals surface area contributed by atoms with Crippen molar-refractivity contribution < 1.29 is 14.3 Å². The van der Waals surface area contributed by atoms with Gasteiger partial charge in [0.1, 0.15) is 13.2 Å². The molecule has 0 atom stereocenters. The van der Waals surface area contributed by atoms with Crippen molar-refractivity contribution in [3.8, 4) is 0 Å². The van der Waals surface area contributed by atoms with Gasteiger partial charge in [-0.05, 0) is 13.8 Å². The van der Waals surface area contributed by atoms with Crippen LogP contribution in [0.4, 0.5) is 0 Å². The van der Waals surface area contributed by atoms with Crippen LogP contribution in [0.25, 0.3) is 0 Å². The molecule has 0 aliphatic rings. The van der Waals surface area contributed by atoms with E-state index in [9.17, 15) is 4.79 Å². The van der Waals surface area contributed by atoms with Gasteiger partial charge in [0, 0.05) is 11.1 Å². The highest BCUT2D eigenvalue weighted by Gasteiger charge is 2.03. The Bertz CT molecular complexity index is 241. The first-order valence-corrected chi connectivity index (χ1v) is 4.15. The normalized spacial score (nSPS) is 9.00. The highest BCUT2D eigenvalue weighted by molar-refractivity contribution is 5.89. The van der Waals surface area contributed by atoms with Crippen molar-refractivity contribution in [2.45, 2.75) is 13.8 Å². The SMILES string of the molecule is C=C(C)C(=N)OCCOC(=O)C(=C)C. The van der Waals surface area contributed by atoms with Crippen molar-refractivity contribution in [3.05, 3.63) is 24.3 Å². The second kappa shape index (κ2) is 5.96. The molecule has 0 saturated carbocycles. The predicted octanol–water partition coefficient (Wildman–Crippen LogP) is 1.68. The van der Waals surface area contributed by atoms with Gasteiger partial charge in [-0.15, -0.1) is 0 Å². The highest BCUT2D eigenvalue weighted by Crippen LogP contribution is 1.94. The van der Waals surface area contributed by atoms with Crippen molar-refractivity contribution in [1.29, 1.82) is 5.41 Å². The number of nitrogens with one attached hydrogen (secondary N) is 1. The molecule has 0 radical (unpaired) electrons. The summed E-state index contributed by atoms with van der Waals surface area (Å²) in [5.41, 5.74) is 0.885. The smallest absolute Gasteiger partial charge is 0.333 e. The molecule has 1 N–H and O–H groups in total. The van der Waals surface area contributed by atoms with E-state index in [2.05, 4.69) is 13.2 Å². The Morgan fingerprint density at radius 1 is 1.14 bits per heavy atom. The van der Waals surface area contributed by atoms with Gasteiger partial charge in [0.05, 0.1) is 0 Å². The van der Waals surface area contributed by atoms with Crippen molar-refractivity contribution in [1.82, 2.24) is 0 Å². The number of carbonyl (C=O) groups excluding carboxylic acids is 1. The first-order chi connectivity index (χ1) is 6.45. The van der Waals surface area contributed by atoms with E-state index in [0.29, 0.717) is 11.1 Å². The van der Waals surface area contributed by atoms with Crippen molar-refractivity contribution >= 4 is 11.9 Å². The molecule has 0 aromatic heterocycles. The number of rotatable bonds is 5. The summed E-state index contributed by atoms with van der Waals surface area (Å²) in [6, 6.07) is 0. The van der Waals surface area contributed by atoms with Crippen molar-refractivity contribution in [3.63, 3.8) is 0 Å². The van der Waals surface area contributed by atoms with Crippen LogP contribution >= 0.6 is 0 Å². The lowest BCUT2D eigenvalue weighted by molar-refractivity contribution is -0.139. The van der Waals surface area contributed by atoms with Gasteiger partial charge in [-0.2, -0.15) is 0 Å². The molecule has 78 valence electrons. The highest BCUT2D eigenvalue weighted by atomic mass is 16.6. The maximum absolute atomic E-state index is 10.9. The predicted molar refractivity (Wildman–Crippen MR) is 54.3 cm³/mol. The summed E-state index contributed by atoms with van der Waals surface area (Å²) in [7, 11) is 0. The molecule has 0 heterocycles. The molecule has 0 fully saturated rings. The molecule has 0 amide bonds. The molecule has 0 rings (SSSR count). The fourth-order valence-electron chi connectivity index (χ4n) is 0.524. The summed E-state index contributed by atoms with van der Waals surface area (Å²) in [4.78, 5) is 10.9. The average molecular weight is 197 g/mol. The van der Waals surface area contributed by atoms with Crippen LogP contribution in [0.2, 0.25) is 0 Å². The van der Waals surface area contributed by atoms with Crippen LogP contribution in [0.5, 0.6) is 0 Å². The summed E-state index contributed by atoms with van der Waals surface area (Å²) in [6.45, 7) is 10.5. The van der Waals surface area contributed by atoms with Crippen LogP contribution in [-0.4, -0.2) is 25.1 Å². The van der Waals surface area contributed by atoms with E-state index in [1.807, 2.05) is 0 Å². The van der Waals surface area contributed by atoms with E-state index < -0.39 is 5.97 Å². The first kappa shape index (κ1) is 12.4. The maximum Gasteiger partial charge on any atom is 0.333 e. The third kappa shape index (κ3) is 5.13. The van der Waals surface area contributed by atoms with Crippen LogP contribution in [0.15, 0.2) is 24.3 Å². The van der Waals surface area contributed by atoms with Gasteiger partial charge < -0.3 is 9.47 Å². The molecule has 14 heavy (non-hydrogen) atoms. The Morgan fingerprint density at radius 2 is 1.64 bits per heavy atom. The summed E-state index contributed by atoms with van der Waals surface area (Å²) < 4.78 is 9.65. The summed E-state index contributed by atoms with van der Waals surface area (Å²) in [6.07, 6.45) is 0. The number of ether oxygens (including phenoxy) is 2. The summed E-state index contributed by atoms with van der Waals surface area (Å²) in [5, 5.41) is 7.23. The Morgan fingerprint density at radius 3 is 2.07 bits per heavy atom. The van der Waals surface area contributed by atoms with Crippen LogP contribution in [-0.2, 0) is 14.3 Å². The van der Waals surface area contributed by atoms with E-state index in [4.69, 9.17) is 14.9 Å². The lowest BCUT2D eigenvalue weighted by atomic mass is 10.3. The third-order valence-electron chi connectivity index (χ3n) is 1.30. The topological polar surface area (TPSA) is 59.4 Å². The molecule has 0 aromatic rings. The monoisotopic (exact) mass is 197 g/mol. The second-order valence-corrected chi connectivity index (χ2v) is 2.87. The Kier molecular flexibility index (Phi) is 5.29. The number of hydrogen-bond donors (Lipinski definition) is 1. The molecule has 0 bridgehead atoms. The van der Waals surface area contributed by atoms with E-state index in [1.54, 1.807) is 13.8 Å². The van der Waals surface area contributed by atoms with Gasteiger partial charge in [-0.25, -0.2) is 4.79 Å². The fourth-order valence-corrected chi connectivity index (χ4v) is 0.524. The minimum absolute atomic E-state index is 0.0105. The molecule has 0 aliphatic carbocycles. The summed E-state index contributed by atoms with van der Waals surface area (Å²) >= 11 is 0. The molecule has 0 aliphatic heterocycles. The molecular formula is C10H15NO3. The van der Waals surface area contributed by atoms with Crippen molar-refractivity contribution in [2.75, 3.05) is 13.2 Å². The van der Waals surface area contributed by atoms with Crippen LogP contribution in [0.1, 0.15) is 13.8 Å². The molecular weight excluding hydrogens is 182 g/mol. The molecule has 4 heteroatoms. The van der Waals surface area contributed by atoms with Crippen molar-refractivity contribution in [2.24, 2.45) is 0 Å². The van der Waals surface area contributed by atoms with Gasteiger partial charge in [0.2, 0.25) is 5.90 Å². The average Bonchev–Trinajstić information content (AvgIpc) is 2.11. The minimum Gasteiger partial charge on any atom is -0.474 e. The van der Waals surface area contributed by atoms with Crippen LogP contribution in [0.3, 0.4) is 0 Å². The van der Waals surface area contributed by atoms with Gasteiger partial charge in [-0.3, -0.25) is 5.41 Å². The largest absolute Gasteiger partial charge is 0.474 e. The summed E-state index contributed by atoms with van der Waals surface area (Å²) in [5.74, 6) is -0.438.